The summed E-state index contributed by atoms with van der Waals surface area (Å²) < 4.78 is 0. The maximum Gasteiger partial charge on any atom is 0.161 e. The molecular formula is C22H29ClO3. The van der Waals surface area contributed by atoms with E-state index in [9.17, 15) is 15.0 Å². The predicted molar refractivity (Wildman–Crippen MR) is 100 cm³/mol. The number of allylic oxidation sites excluding steroid dienone is 3. The minimum absolute atomic E-state index is 0.0264. The zero-order valence-corrected chi connectivity index (χ0v) is 16.6. The molecule has 5 rings (SSSR count). The molecule has 0 aromatic heterocycles. The second-order valence-electron chi connectivity index (χ2n) is 10.1. The third kappa shape index (κ3) is 1.81. The van der Waals surface area contributed by atoms with Crippen molar-refractivity contribution in [2.45, 2.75) is 64.6 Å². The lowest BCUT2D eigenvalue weighted by Crippen LogP contribution is -2.57. The average Bonchev–Trinajstić information content (AvgIpc) is 3.33. The number of Topliss-reactive ketones (excluding diaryl/α,β-unsaturated/α-hetero) is 1. The first-order chi connectivity index (χ1) is 12.1. The maximum absolute atomic E-state index is 12.3. The van der Waals surface area contributed by atoms with Crippen LogP contribution < -0.4 is 0 Å². The van der Waals surface area contributed by atoms with Crippen molar-refractivity contribution in [3.05, 3.63) is 22.8 Å². The van der Waals surface area contributed by atoms with Gasteiger partial charge in [-0.2, -0.15) is 0 Å². The van der Waals surface area contributed by atoms with Gasteiger partial charge in [-0.05, 0) is 74.2 Å². The van der Waals surface area contributed by atoms with Gasteiger partial charge < -0.3 is 10.2 Å². The van der Waals surface area contributed by atoms with Crippen molar-refractivity contribution in [3.8, 4) is 0 Å². The molecule has 0 aliphatic heterocycles. The molecule has 0 aromatic rings. The van der Waals surface area contributed by atoms with Gasteiger partial charge in [-0.1, -0.05) is 37.6 Å². The fourth-order valence-corrected chi connectivity index (χ4v) is 8.16. The standard InChI is InChI=1S/C22H29ClO3/c1-11(24)22(26)7-5-14-12-9-18(23)17-10-19(25)13-8-16(13)21(17,3)15(12)4-6-20(14,22)2/h9-10,12-16,19,25-26H,4-8H2,1-3H3/t12-,13?,14-,15-,16?,19?,20-,21-,22-/m0/s1. The average molecular weight is 377 g/mol. The van der Waals surface area contributed by atoms with Gasteiger partial charge >= 0.3 is 0 Å². The summed E-state index contributed by atoms with van der Waals surface area (Å²) in [4.78, 5) is 12.3. The fourth-order valence-electron chi connectivity index (χ4n) is 7.75. The Morgan fingerprint density at radius 2 is 1.85 bits per heavy atom. The Labute approximate surface area is 160 Å². The quantitative estimate of drug-likeness (QED) is 0.731. The normalized spacial score (nSPS) is 57.2. The molecule has 3 saturated carbocycles. The number of halogens is 1. The maximum atomic E-state index is 12.3. The molecule has 0 bridgehead atoms. The number of hydrogen-bond acceptors (Lipinski definition) is 3. The minimum Gasteiger partial charge on any atom is -0.389 e. The number of aliphatic hydroxyl groups excluding tert-OH is 1. The summed E-state index contributed by atoms with van der Waals surface area (Å²) in [5.74, 6) is 1.93. The molecule has 0 aromatic carbocycles. The Balaban J connectivity index is 1.60. The molecule has 0 amide bonds. The Morgan fingerprint density at radius 1 is 1.15 bits per heavy atom. The van der Waals surface area contributed by atoms with Gasteiger partial charge in [0.2, 0.25) is 0 Å². The molecule has 0 spiro atoms. The lowest BCUT2D eigenvalue weighted by molar-refractivity contribution is -0.156. The molecule has 3 nitrogen and oxygen atoms in total. The van der Waals surface area contributed by atoms with Crippen LogP contribution in [0, 0.1) is 40.4 Å². The molecular weight excluding hydrogens is 348 g/mol. The SMILES string of the molecule is CC(=O)[C@@]1(O)CC[C@H]2[C@@H]3C=C(Cl)C4=CC(O)C5CC5[C@]4(C)[C@H]3CC[C@@]21C. The second kappa shape index (κ2) is 5.04. The van der Waals surface area contributed by atoms with Crippen LogP contribution in [0.4, 0.5) is 0 Å². The monoisotopic (exact) mass is 376 g/mol. The van der Waals surface area contributed by atoms with E-state index in [0.29, 0.717) is 36.0 Å². The van der Waals surface area contributed by atoms with E-state index in [1.54, 1.807) is 6.92 Å². The predicted octanol–water partition coefficient (Wildman–Crippen LogP) is 3.83. The van der Waals surface area contributed by atoms with Crippen LogP contribution in [0.2, 0.25) is 0 Å². The van der Waals surface area contributed by atoms with Crippen molar-refractivity contribution >= 4 is 17.4 Å². The molecule has 4 heteroatoms. The van der Waals surface area contributed by atoms with E-state index in [1.165, 1.54) is 0 Å². The highest BCUT2D eigenvalue weighted by Gasteiger charge is 2.68. The van der Waals surface area contributed by atoms with Crippen LogP contribution in [0.25, 0.3) is 0 Å². The largest absolute Gasteiger partial charge is 0.389 e. The van der Waals surface area contributed by atoms with Crippen molar-refractivity contribution in [1.29, 1.82) is 0 Å². The van der Waals surface area contributed by atoms with Gasteiger partial charge in [0.05, 0.1) is 6.10 Å². The smallest absolute Gasteiger partial charge is 0.161 e. The van der Waals surface area contributed by atoms with E-state index in [4.69, 9.17) is 11.6 Å². The zero-order chi connectivity index (χ0) is 18.6. The molecule has 3 fully saturated rings. The first kappa shape index (κ1) is 17.5. The highest BCUT2D eigenvalue weighted by molar-refractivity contribution is 6.32. The number of aliphatic hydroxyl groups is 2. The molecule has 9 atom stereocenters. The summed E-state index contributed by atoms with van der Waals surface area (Å²) in [5, 5.41) is 22.4. The van der Waals surface area contributed by atoms with Gasteiger partial charge in [-0.15, -0.1) is 0 Å². The van der Waals surface area contributed by atoms with Crippen molar-refractivity contribution in [1.82, 2.24) is 0 Å². The molecule has 5 aliphatic carbocycles. The Morgan fingerprint density at radius 3 is 2.54 bits per heavy atom. The van der Waals surface area contributed by atoms with Gasteiger partial charge in [0.1, 0.15) is 5.60 Å². The van der Waals surface area contributed by atoms with Crippen LogP contribution in [-0.2, 0) is 4.79 Å². The van der Waals surface area contributed by atoms with Gasteiger partial charge in [-0.25, -0.2) is 0 Å². The summed E-state index contributed by atoms with van der Waals surface area (Å²) in [6.07, 6.45) is 8.31. The first-order valence-corrected chi connectivity index (χ1v) is 10.5. The van der Waals surface area contributed by atoms with Gasteiger partial charge in [-0.3, -0.25) is 4.79 Å². The molecule has 0 radical (unpaired) electrons. The highest BCUT2D eigenvalue weighted by Crippen LogP contribution is 2.72. The first-order valence-electron chi connectivity index (χ1n) is 10.2. The van der Waals surface area contributed by atoms with Gasteiger partial charge in [0, 0.05) is 15.9 Å². The lowest BCUT2D eigenvalue weighted by atomic mass is 9.47. The number of carbonyl (C=O) groups is 1. The molecule has 26 heavy (non-hydrogen) atoms. The van der Waals surface area contributed by atoms with Gasteiger partial charge in [0.15, 0.2) is 5.78 Å². The summed E-state index contributed by atoms with van der Waals surface area (Å²) in [5.41, 5.74) is -0.374. The van der Waals surface area contributed by atoms with Crippen molar-refractivity contribution in [2.24, 2.45) is 40.4 Å². The summed E-state index contributed by atoms with van der Waals surface area (Å²) >= 11 is 6.77. The molecule has 5 aliphatic rings. The molecule has 3 unspecified atom stereocenters. The highest BCUT2D eigenvalue weighted by atomic mass is 35.5. The number of carbonyl (C=O) groups excluding carboxylic acids is 1. The van der Waals surface area contributed by atoms with E-state index in [-0.39, 0.29) is 22.7 Å². The van der Waals surface area contributed by atoms with Crippen LogP contribution in [0.1, 0.15) is 52.9 Å². The number of ketones is 1. The molecule has 0 heterocycles. The zero-order valence-electron chi connectivity index (χ0n) is 15.8. The summed E-state index contributed by atoms with van der Waals surface area (Å²) in [6, 6.07) is 0. The number of fused-ring (bicyclic) bond motifs is 7. The van der Waals surface area contributed by atoms with E-state index >= 15 is 0 Å². The van der Waals surface area contributed by atoms with Crippen LogP contribution in [0.5, 0.6) is 0 Å². The second-order valence-corrected chi connectivity index (χ2v) is 10.5. The fraction of sp³-hybridized carbons (Fsp3) is 0.773. The molecule has 142 valence electrons. The van der Waals surface area contributed by atoms with Crippen molar-refractivity contribution < 1.29 is 15.0 Å². The molecule has 0 saturated heterocycles. The third-order valence-electron chi connectivity index (χ3n) is 9.40. The lowest BCUT2D eigenvalue weighted by Gasteiger charge is -2.57. The van der Waals surface area contributed by atoms with E-state index in [0.717, 1.165) is 36.3 Å². The van der Waals surface area contributed by atoms with Crippen molar-refractivity contribution in [3.63, 3.8) is 0 Å². The molecule has 2 N–H and O–H groups in total. The minimum atomic E-state index is -1.19. The van der Waals surface area contributed by atoms with Crippen LogP contribution >= 0.6 is 11.6 Å². The Kier molecular flexibility index (Phi) is 3.38. The third-order valence-corrected chi connectivity index (χ3v) is 9.73. The number of rotatable bonds is 1. The van der Waals surface area contributed by atoms with Crippen LogP contribution in [-0.4, -0.2) is 27.7 Å². The van der Waals surface area contributed by atoms with Crippen molar-refractivity contribution in [2.75, 3.05) is 0 Å². The van der Waals surface area contributed by atoms with Crippen LogP contribution in [0.15, 0.2) is 22.8 Å². The van der Waals surface area contributed by atoms with E-state index in [1.807, 2.05) is 6.08 Å². The van der Waals surface area contributed by atoms with E-state index < -0.39 is 5.60 Å². The topological polar surface area (TPSA) is 57.5 Å². The van der Waals surface area contributed by atoms with Crippen LogP contribution in [0.3, 0.4) is 0 Å². The Bertz CT molecular complexity index is 756. The van der Waals surface area contributed by atoms with E-state index in [2.05, 4.69) is 19.9 Å². The Hall–Kier alpha value is -0.640. The summed E-state index contributed by atoms with van der Waals surface area (Å²) in [7, 11) is 0. The van der Waals surface area contributed by atoms with Gasteiger partial charge in [0.25, 0.3) is 0 Å². The number of hydrogen-bond donors (Lipinski definition) is 2. The summed E-state index contributed by atoms with van der Waals surface area (Å²) in [6.45, 7) is 6.03.